The average molecular weight is 231 g/mol. The largest absolute Gasteiger partial charge is 0.310 e. The first kappa shape index (κ1) is 11.4. The third-order valence-corrected chi connectivity index (χ3v) is 5.35. The van der Waals surface area contributed by atoms with Crippen LogP contribution in [0.15, 0.2) is 0 Å². The second-order valence-electron chi connectivity index (χ2n) is 5.89. The average Bonchev–Trinajstić information content (AvgIpc) is 1.98. The lowest BCUT2D eigenvalue weighted by Crippen LogP contribution is -2.52. The second kappa shape index (κ2) is 3.74. The summed E-state index contributed by atoms with van der Waals surface area (Å²) in [4.78, 5) is 0. The highest BCUT2D eigenvalue weighted by atomic mass is 32.2. The molecule has 0 amide bonds. The molecule has 1 saturated carbocycles. The minimum Gasteiger partial charge on any atom is -0.310 e. The van der Waals surface area contributed by atoms with Crippen molar-refractivity contribution >= 4 is 9.84 Å². The maximum absolute atomic E-state index is 11.4. The van der Waals surface area contributed by atoms with Crippen LogP contribution < -0.4 is 5.32 Å². The van der Waals surface area contributed by atoms with Gasteiger partial charge in [0.05, 0.1) is 11.5 Å². The predicted molar refractivity (Wildman–Crippen MR) is 61.6 cm³/mol. The Morgan fingerprint density at radius 3 is 2.40 bits per heavy atom. The van der Waals surface area contributed by atoms with Gasteiger partial charge in [0.15, 0.2) is 9.84 Å². The van der Waals surface area contributed by atoms with E-state index in [-0.39, 0.29) is 6.04 Å². The molecular weight excluding hydrogens is 210 g/mol. The van der Waals surface area contributed by atoms with Gasteiger partial charge in [-0.05, 0) is 31.1 Å². The van der Waals surface area contributed by atoms with Crippen LogP contribution in [0.5, 0.6) is 0 Å². The molecule has 1 atom stereocenters. The Kier molecular flexibility index (Phi) is 2.84. The van der Waals surface area contributed by atoms with Gasteiger partial charge in [0.1, 0.15) is 0 Å². The molecule has 0 radical (unpaired) electrons. The van der Waals surface area contributed by atoms with Crippen LogP contribution in [0.2, 0.25) is 0 Å². The molecule has 0 bridgehead atoms. The van der Waals surface area contributed by atoms with Gasteiger partial charge in [-0.2, -0.15) is 0 Å². The normalized spacial score (nSPS) is 34.7. The summed E-state index contributed by atoms with van der Waals surface area (Å²) in [5.74, 6) is 0.741. The number of hydrogen-bond acceptors (Lipinski definition) is 3. The van der Waals surface area contributed by atoms with E-state index in [1.807, 2.05) is 0 Å². The lowest BCUT2D eigenvalue weighted by Gasteiger charge is -2.45. The molecule has 0 aromatic heterocycles. The highest BCUT2D eigenvalue weighted by Crippen LogP contribution is 2.40. The van der Waals surface area contributed by atoms with E-state index in [1.165, 1.54) is 12.8 Å². The molecule has 15 heavy (non-hydrogen) atoms. The Hall–Kier alpha value is -0.0900. The molecule has 2 fully saturated rings. The maximum Gasteiger partial charge on any atom is 0.151 e. The summed E-state index contributed by atoms with van der Waals surface area (Å²) in [6.07, 6.45) is 4.22. The van der Waals surface area contributed by atoms with Crippen molar-refractivity contribution in [3.05, 3.63) is 0 Å². The molecule has 2 rings (SSSR count). The van der Waals surface area contributed by atoms with Gasteiger partial charge in [-0.15, -0.1) is 0 Å². The van der Waals surface area contributed by atoms with Gasteiger partial charge < -0.3 is 5.32 Å². The molecule has 3 nitrogen and oxygen atoms in total. The lowest BCUT2D eigenvalue weighted by molar-refractivity contribution is 0.117. The summed E-state index contributed by atoms with van der Waals surface area (Å²) in [7, 11) is -2.75. The van der Waals surface area contributed by atoms with Crippen molar-refractivity contribution in [1.82, 2.24) is 5.32 Å². The number of hydrogen-bond donors (Lipinski definition) is 1. The van der Waals surface area contributed by atoms with E-state index in [0.717, 1.165) is 12.8 Å². The van der Waals surface area contributed by atoms with Crippen molar-refractivity contribution in [2.24, 2.45) is 5.41 Å². The quantitative estimate of drug-likeness (QED) is 0.780. The van der Waals surface area contributed by atoms with Crippen molar-refractivity contribution in [3.63, 3.8) is 0 Å². The van der Waals surface area contributed by atoms with Gasteiger partial charge in [-0.3, -0.25) is 0 Å². The first-order chi connectivity index (χ1) is 6.86. The predicted octanol–water partition coefficient (Wildman–Crippen LogP) is 1.34. The van der Waals surface area contributed by atoms with Gasteiger partial charge >= 0.3 is 0 Å². The van der Waals surface area contributed by atoms with E-state index < -0.39 is 9.84 Å². The Bertz CT molecular complexity index is 326. The van der Waals surface area contributed by atoms with Crippen molar-refractivity contribution in [2.75, 3.05) is 11.5 Å². The summed E-state index contributed by atoms with van der Waals surface area (Å²) < 4.78 is 22.9. The van der Waals surface area contributed by atoms with Crippen LogP contribution in [0, 0.1) is 5.41 Å². The van der Waals surface area contributed by atoms with Crippen LogP contribution in [0.25, 0.3) is 0 Å². The Balaban J connectivity index is 1.81. The van der Waals surface area contributed by atoms with Crippen LogP contribution in [0.3, 0.4) is 0 Å². The van der Waals surface area contributed by atoms with Crippen LogP contribution in [-0.2, 0) is 9.84 Å². The van der Waals surface area contributed by atoms with Gasteiger partial charge in [0.2, 0.25) is 0 Å². The van der Waals surface area contributed by atoms with Gasteiger partial charge in [-0.1, -0.05) is 13.8 Å². The lowest BCUT2D eigenvalue weighted by atomic mass is 9.68. The summed E-state index contributed by atoms with van der Waals surface area (Å²) in [5, 5.41) is 3.49. The maximum atomic E-state index is 11.4. The summed E-state index contributed by atoms with van der Waals surface area (Å²) >= 11 is 0. The summed E-state index contributed by atoms with van der Waals surface area (Å²) in [6, 6.07) is 0.767. The van der Waals surface area contributed by atoms with Crippen molar-refractivity contribution in [2.45, 2.75) is 51.6 Å². The minimum absolute atomic E-state index is 0.213. The van der Waals surface area contributed by atoms with Crippen LogP contribution in [0.1, 0.15) is 39.5 Å². The number of sulfone groups is 1. The van der Waals surface area contributed by atoms with Gasteiger partial charge in [0, 0.05) is 12.1 Å². The Morgan fingerprint density at radius 2 is 1.87 bits per heavy atom. The SMILES string of the molecule is CC1(C)CC(NC2CCCS(=O)(=O)C2)C1. The third kappa shape index (κ3) is 2.94. The molecule has 1 N–H and O–H groups in total. The second-order valence-corrected chi connectivity index (χ2v) is 8.12. The Morgan fingerprint density at radius 1 is 1.20 bits per heavy atom. The molecule has 0 aromatic carbocycles. The topological polar surface area (TPSA) is 46.2 Å². The fourth-order valence-electron chi connectivity index (χ4n) is 2.88. The molecule has 4 heteroatoms. The van der Waals surface area contributed by atoms with Crippen molar-refractivity contribution < 1.29 is 8.42 Å². The zero-order valence-electron chi connectivity index (χ0n) is 9.62. The first-order valence-electron chi connectivity index (χ1n) is 5.83. The summed E-state index contributed by atoms with van der Waals surface area (Å²) in [6.45, 7) is 4.53. The van der Waals surface area contributed by atoms with E-state index >= 15 is 0 Å². The van der Waals surface area contributed by atoms with E-state index in [0.29, 0.717) is 23.0 Å². The molecule has 0 aromatic rings. The highest BCUT2D eigenvalue weighted by Gasteiger charge is 2.37. The molecule has 1 aliphatic carbocycles. The van der Waals surface area contributed by atoms with Crippen LogP contribution in [0.4, 0.5) is 0 Å². The minimum atomic E-state index is -2.75. The van der Waals surface area contributed by atoms with Crippen molar-refractivity contribution in [3.8, 4) is 0 Å². The molecule has 1 unspecified atom stereocenters. The molecule has 0 spiro atoms. The molecule has 1 heterocycles. The van der Waals surface area contributed by atoms with Crippen LogP contribution >= 0.6 is 0 Å². The number of rotatable bonds is 2. The monoisotopic (exact) mass is 231 g/mol. The molecule has 2 aliphatic rings. The summed E-state index contributed by atoms with van der Waals surface area (Å²) in [5.41, 5.74) is 0.464. The van der Waals surface area contributed by atoms with E-state index in [2.05, 4.69) is 19.2 Å². The van der Waals surface area contributed by atoms with Crippen LogP contribution in [-0.4, -0.2) is 32.0 Å². The first-order valence-corrected chi connectivity index (χ1v) is 7.65. The van der Waals surface area contributed by atoms with E-state index in [9.17, 15) is 8.42 Å². The fourth-order valence-corrected chi connectivity index (χ4v) is 4.53. The third-order valence-electron chi connectivity index (χ3n) is 3.53. The highest BCUT2D eigenvalue weighted by molar-refractivity contribution is 7.91. The van der Waals surface area contributed by atoms with Crippen molar-refractivity contribution in [1.29, 1.82) is 0 Å². The van der Waals surface area contributed by atoms with E-state index in [4.69, 9.17) is 0 Å². The molecule has 1 aliphatic heterocycles. The van der Waals surface area contributed by atoms with Gasteiger partial charge in [-0.25, -0.2) is 8.42 Å². The standard InChI is InChI=1S/C11H21NO2S/c1-11(2)6-10(7-11)12-9-4-3-5-15(13,14)8-9/h9-10,12H,3-8H2,1-2H3. The van der Waals surface area contributed by atoms with E-state index in [1.54, 1.807) is 0 Å². The molecule has 88 valence electrons. The smallest absolute Gasteiger partial charge is 0.151 e. The molecular formula is C11H21NO2S. The van der Waals surface area contributed by atoms with Gasteiger partial charge in [0.25, 0.3) is 0 Å². The molecule has 1 saturated heterocycles. The fraction of sp³-hybridized carbons (Fsp3) is 1.00. The number of nitrogens with one attached hydrogen (secondary N) is 1. The Labute approximate surface area is 92.6 Å². The zero-order chi connectivity index (χ0) is 11.1. The zero-order valence-corrected chi connectivity index (χ0v) is 10.4.